The number of carbonyl (C=O) groups excluding carboxylic acids is 5. The first kappa shape index (κ1) is 82.8. The van der Waals surface area contributed by atoms with Crippen molar-refractivity contribution in [3.63, 3.8) is 0 Å². The number of hydrogen-bond acceptors (Lipinski definition) is 16. The zero-order valence-corrected chi connectivity index (χ0v) is 65.6. The minimum absolute atomic E-state index is 0.116. The first-order valence-corrected chi connectivity index (χ1v) is 36.1. The summed E-state index contributed by atoms with van der Waals surface area (Å²) in [7, 11) is 5.12. The summed E-state index contributed by atoms with van der Waals surface area (Å²) >= 11 is 13.5. The zero-order chi connectivity index (χ0) is 80.3. The predicted molar refractivity (Wildman–Crippen MR) is 434 cm³/mol. The van der Waals surface area contributed by atoms with Crippen molar-refractivity contribution in [3.8, 4) is 89.0 Å². The summed E-state index contributed by atoms with van der Waals surface area (Å²) in [6.07, 6.45) is 0. The number of halogens is 4. The molecule has 12 rings (SSSR count). The van der Waals surface area contributed by atoms with E-state index in [9.17, 15) is 63.6 Å². The van der Waals surface area contributed by atoms with Crippen LogP contribution in [0, 0.1) is 0 Å². The highest BCUT2D eigenvalue weighted by Crippen LogP contribution is 2.45. The molecule has 0 atom stereocenters. The SMILES string of the molecule is Brc1cc(Br)c(Br)cc1Br.COC(=O)c1ccc(-c2cc(-c3ccc(C(=O)OC)cc3)c(-c3ccc(C(=O)OC)cc3)cc2-c2ccc(C(=O)OC)cc2)cc1.COC(=O)c1ccc(B(O)O)cc1.O=C(O)c1ccc(-c2cc(-c3ccc(C(=O)O)cc3)c(-c3ccc(C(=O)O)cc3)cc2-c2ccc(C(=O)O)cc2)cc1. The van der Waals surface area contributed by atoms with E-state index in [4.69, 9.17) is 29.0 Å². The standard InChI is InChI=1S/C38H30O8.C34H22O8.C8H9BO4.C6H2Br4/c1-43-35(39)27-13-5-23(6-14-27)31-21-33(25-9-17-29(18-10-25)37(41)45-3)34(26-11-19-30(20-12-26)38(42)46-4)22-32(31)24-7-15-28(16-8-24)36(40)44-2;35-31(36)23-9-1-19(2-10-23)27-17-29(21-5-13-25(14-6-21)33(39)40)30(22-7-15-26(16-8-22)34(41)42)18-28(27)20-3-11-24(12-4-20)32(37)38;1-13-8(10)6-2-4-7(5-3-6)9(11)12;7-3-1-4(8)6(10)2-5(3)9/h5-22H,1-4H3;1-18H,(H,35,36)(H,37,38)(H,39,40)(H,41,42);2-5,11-12H,1H3;1-2H. The predicted octanol–water partition coefficient (Wildman–Crippen LogP) is 18.5. The maximum Gasteiger partial charge on any atom is 0.488 e. The van der Waals surface area contributed by atoms with Crippen LogP contribution in [0.1, 0.15) is 93.2 Å². The summed E-state index contributed by atoms with van der Waals surface area (Å²) in [6, 6.07) is 71.6. The van der Waals surface area contributed by atoms with E-state index in [2.05, 4.69) is 68.5 Å². The van der Waals surface area contributed by atoms with Gasteiger partial charge in [-0.1, -0.05) is 109 Å². The topological polar surface area (TPSA) is 321 Å². The summed E-state index contributed by atoms with van der Waals surface area (Å²) in [5.41, 5.74) is 15.3. The van der Waals surface area contributed by atoms with Gasteiger partial charge in [0.1, 0.15) is 0 Å². The molecular formula is C86H63BBr4O20. The molecule has 111 heavy (non-hydrogen) atoms. The van der Waals surface area contributed by atoms with Crippen molar-refractivity contribution in [2.24, 2.45) is 0 Å². The van der Waals surface area contributed by atoms with Gasteiger partial charge in [-0.3, -0.25) is 0 Å². The largest absolute Gasteiger partial charge is 0.488 e. The van der Waals surface area contributed by atoms with Gasteiger partial charge in [-0.15, -0.1) is 0 Å². The number of carbonyl (C=O) groups is 9. The van der Waals surface area contributed by atoms with Gasteiger partial charge in [0, 0.05) is 17.9 Å². The first-order chi connectivity index (χ1) is 53.1. The number of aromatic carboxylic acids is 4. The smallest absolute Gasteiger partial charge is 0.478 e. The van der Waals surface area contributed by atoms with E-state index in [1.165, 1.54) is 108 Å². The molecule has 0 saturated heterocycles. The van der Waals surface area contributed by atoms with Gasteiger partial charge >= 0.3 is 60.8 Å². The van der Waals surface area contributed by atoms with Crippen LogP contribution in [0.4, 0.5) is 0 Å². The average molecular weight is 1750 g/mol. The third-order valence-electron chi connectivity index (χ3n) is 17.1. The molecule has 0 amide bonds. The number of ether oxygens (including phenoxy) is 5. The van der Waals surface area contributed by atoms with Gasteiger partial charge in [-0.2, -0.15) is 0 Å². The molecule has 6 N–H and O–H groups in total. The second-order valence-corrected chi connectivity index (χ2v) is 27.3. The number of rotatable bonds is 18. The van der Waals surface area contributed by atoms with E-state index in [0.717, 1.165) is 84.7 Å². The molecule has 0 spiro atoms. The molecule has 558 valence electrons. The van der Waals surface area contributed by atoms with Crippen molar-refractivity contribution in [1.29, 1.82) is 0 Å². The van der Waals surface area contributed by atoms with Crippen LogP contribution in [0.2, 0.25) is 0 Å². The van der Waals surface area contributed by atoms with Gasteiger partial charge in [0.2, 0.25) is 0 Å². The average Bonchev–Trinajstić information content (AvgIpc) is 0.766. The Morgan fingerprint density at radius 1 is 0.225 bits per heavy atom. The third kappa shape index (κ3) is 20.8. The highest BCUT2D eigenvalue weighted by atomic mass is 79.9. The Morgan fingerprint density at radius 3 is 0.486 bits per heavy atom. The molecule has 12 aromatic carbocycles. The molecule has 0 unspecified atom stereocenters. The van der Waals surface area contributed by atoms with Gasteiger partial charge in [-0.05, 0) is 304 Å². The Bertz CT molecular complexity index is 4850. The van der Waals surface area contributed by atoms with Crippen LogP contribution in [0.5, 0.6) is 0 Å². The second kappa shape index (κ2) is 38.2. The lowest BCUT2D eigenvalue weighted by Gasteiger charge is -2.19. The highest BCUT2D eigenvalue weighted by molar-refractivity contribution is 9.14. The normalized spacial score (nSPS) is 10.4. The van der Waals surface area contributed by atoms with Crippen LogP contribution >= 0.6 is 63.7 Å². The number of carboxylic acids is 4. The fourth-order valence-electron chi connectivity index (χ4n) is 11.3. The molecule has 0 aromatic heterocycles. The maximum absolute atomic E-state index is 12.2. The second-order valence-electron chi connectivity index (χ2n) is 23.9. The molecule has 0 bridgehead atoms. The Morgan fingerprint density at radius 2 is 0.360 bits per heavy atom. The van der Waals surface area contributed by atoms with Crippen molar-refractivity contribution in [3.05, 3.63) is 323 Å². The molecule has 0 fully saturated rings. The molecule has 0 aliphatic carbocycles. The Balaban J connectivity index is 0.000000198. The van der Waals surface area contributed by atoms with Crippen LogP contribution in [-0.2, 0) is 23.7 Å². The Labute approximate surface area is 669 Å². The van der Waals surface area contributed by atoms with Crippen LogP contribution < -0.4 is 5.46 Å². The zero-order valence-electron chi connectivity index (χ0n) is 59.2. The minimum atomic E-state index is -1.51. The lowest BCUT2D eigenvalue weighted by molar-refractivity contribution is 0.0592. The molecule has 0 radical (unpaired) electrons. The lowest BCUT2D eigenvalue weighted by Crippen LogP contribution is -2.29. The Kier molecular flexibility index (Phi) is 28.5. The first-order valence-electron chi connectivity index (χ1n) is 33.0. The number of benzene rings is 12. The van der Waals surface area contributed by atoms with E-state index < -0.39 is 60.8 Å². The molecule has 20 nitrogen and oxygen atoms in total. The summed E-state index contributed by atoms with van der Waals surface area (Å²) < 4.78 is 28.2. The maximum atomic E-state index is 12.2. The van der Waals surface area contributed by atoms with E-state index in [-0.39, 0.29) is 22.3 Å². The van der Waals surface area contributed by atoms with Crippen molar-refractivity contribution >= 4 is 130 Å². The van der Waals surface area contributed by atoms with Gasteiger partial charge in [-0.25, -0.2) is 43.2 Å². The van der Waals surface area contributed by atoms with Crippen LogP contribution in [0.25, 0.3) is 89.0 Å². The van der Waals surface area contributed by atoms with Crippen LogP contribution in [-0.4, -0.2) is 127 Å². The van der Waals surface area contributed by atoms with Crippen molar-refractivity contribution < 1.29 is 97.3 Å². The summed E-state index contributed by atoms with van der Waals surface area (Å²) in [5, 5.41) is 55.1. The minimum Gasteiger partial charge on any atom is -0.478 e. The number of esters is 5. The highest BCUT2D eigenvalue weighted by Gasteiger charge is 2.22. The van der Waals surface area contributed by atoms with Gasteiger partial charge < -0.3 is 54.2 Å². The van der Waals surface area contributed by atoms with Gasteiger partial charge in [0.05, 0.1) is 85.6 Å². The number of methoxy groups -OCH3 is 5. The molecule has 0 aliphatic rings. The molecule has 0 saturated carbocycles. The molecule has 25 heteroatoms. The van der Waals surface area contributed by atoms with E-state index in [0.29, 0.717) is 55.5 Å². The summed E-state index contributed by atoms with van der Waals surface area (Å²) in [6.45, 7) is 0. The summed E-state index contributed by atoms with van der Waals surface area (Å²) in [5.74, 6) is -6.47. The molecule has 0 heterocycles. The van der Waals surface area contributed by atoms with Gasteiger partial charge in [0.25, 0.3) is 0 Å². The van der Waals surface area contributed by atoms with Crippen LogP contribution in [0.15, 0.2) is 273 Å². The lowest BCUT2D eigenvalue weighted by atomic mass is 9.80. The van der Waals surface area contributed by atoms with E-state index >= 15 is 0 Å². The third-order valence-corrected chi connectivity index (χ3v) is 20.8. The van der Waals surface area contributed by atoms with E-state index in [1.807, 2.05) is 84.9 Å². The quantitative estimate of drug-likeness (QED) is 0.0201. The van der Waals surface area contributed by atoms with E-state index in [1.54, 1.807) is 97.1 Å². The van der Waals surface area contributed by atoms with Crippen LogP contribution in [0.3, 0.4) is 0 Å². The summed E-state index contributed by atoms with van der Waals surface area (Å²) in [4.78, 5) is 106. The Hall–Kier alpha value is -12.2. The van der Waals surface area contributed by atoms with Crippen molar-refractivity contribution in [2.45, 2.75) is 0 Å². The van der Waals surface area contributed by atoms with Gasteiger partial charge in [0.15, 0.2) is 0 Å². The number of carboxylic acid groups (broad SMARTS) is 4. The van der Waals surface area contributed by atoms with Crippen molar-refractivity contribution in [1.82, 2.24) is 0 Å². The fraction of sp³-hybridized carbons (Fsp3) is 0.0581. The fourth-order valence-corrected chi connectivity index (χ4v) is 13.3. The number of hydrogen-bond donors (Lipinski definition) is 6. The molecular weight excluding hydrogens is 1680 g/mol. The monoisotopic (exact) mass is 1740 g/mol. The van der Waals surface area contributed by atoms with Crippen molar-refractivity contribution in [2.75, 3.05) is 35.5 Å². The molecule has 0 aliphatic heterocycles. The molecule has 12 aromatic rings.